The van der Waals surface area contributed by atoms with E-state index in [2.05, 4.69) is 20.6 Å². The van der Waals surface area contributed by atoms with Gasteiger partial charge in [-0.1, -0.05) is 18.2 Å². The molecule has 0 aliphatic carbocycles. The first-order valence-corrected chi connectivity index (χ1v) is 7.71. The molecule has 0 unspecified atom stereocenters. The first-order chi connectivity index (χ1) is 11.7. The van der Waals surface area contributed by atoms with E-state index in [9.17, 15) is 9.18 Å². The number of benzene rings is 2. The van der Waals surface area contributed by atoms with Crippen molar-refractivity contribution in [3.05, 3.63) is 60.7 Å². The maximum Gasteiger partial charge on any atom is 0.224 e. The number of amides is 1. The summed E-state index contributed by atoms with van der Waals surface area (Å²) in [4.78, 5) is 20.3. The molecule has 2 N–H and O–H groups in total. The average molecular weight is 324 g/mol. The Morgan fingerprint density at radius 1 is 1.08 bits per heavy atom. The summed E-state index contributed by atoms with van der Waals surface area (Å²) in [6.45, 7) is 0.609. The second-order valence-corrected chi connectivity index (χ2v) is 5.33. The number of nitrogens with zero attached hydrogens (tertiary/aromatic N) is 2. The number of aromatic nitrogens is 2. The normalized spacial score (nSPS) is 10.5. The van der Waals surface area contributed by atoms with Crippen LogP contribution in [0, 0.1) is 5.82 Å². The fourth-order valence-electron chi connectivity index (χ4n) is 2.39. The van der Waals surface area contributed by atoms with Gasteiger partial charge in [0.25, 0.3) is 0 Å². The van der Waals surface area contributed by atoms with Gasteiger partial charge in [-0.25, -0.2) is 14.4 Å². The minimum absolute atomic E-state index is 0.144. The molecule has 122 valence electrons. The van der Waals surface area contributed by atoms with Crippen molar-refractivity contribution < 1.29 is 9.18 Å². The molecule has 0 spiro atoms. The third-order valence-corrected chi connectivity index (χ3v) is 3.52. The summed E-state index contributed by atoms with van der Waals surface area (Å²) >= 11 is 0. The van der Waals surface area contributed by atoms with Gasteiger partial charge in [0.15, 0.2) is 0 Å². The maximum atomic E-state index is 13.1. The molecule has 0 radical (unpaired) electrons. The van der Waals surface area contributed by atoms with Gasteiger partial charge >= 0.3 is 0 Å². The molecule has 24 heavy (non-hydrogen) atoms. The molecule has 3 rings (SSSR count). The van der Waals surface area contributed by atoms with E-state index in [-0.39, 0.29) is 11.7 Å². The summed E-state index contributed by atoms with van der Waals surface area (Å²) in [6.07, 6.45) is 2.49. The lowest BCUT2D eigenvalue weighted by Gasteiger charge is -2.08. The van der Waals surface area contributed by atoms with Gasteiger partial charge < -0.3 is 10.6 Å². The lowest BCUT2D eigenvalue weighted by Crippen LogP contribution is -2.13. The summed E-state index contributed by atoms with van der Waals surface area (Å²) in [6, 6.07) is 13.6. The van der Waals surface area contributed by atoms with Crippen molar-refractivity contribution >= 4 is 28.3 Å². The molecule has 0 fully saturated rings. The number of rotatable bonds is 6. The van der Waals surface area contributed by atoms with Crippen LogP contribution >= 0.6 is 0 Å². The number of para-hydroxylation sites is 1. The van der Waals surface area contributed by atoms with Crippen molar-refractivity contribution in [3.8, 4) is 0 Å². The lowest BCUT2D eigenvalue weighted by atomic mass is 10.2. The van der Waals surface area contributed by atoms with E-state index < -0.39 is 0 Å². The smallest absolute Gasteiger partial charge is 0.224 e. The van der Waals surface area contributed by atoms with E-state index in [1.165, 1.54) is 18.5 Å². The summed E-state index contributed by atoms with van der Waals surface area (Å²) < 4.78 is 13.1. The fraction of sp³-hybridized carbons (Fsp3) is 0.167. The molecule has 0 aliphatic heterocycles. The summed E-state index contributed by atoms with van der Waals surface area (Å²) in [7, 11) is 0. The molecular weight excluding hydrogens is 307 g/mol. The quantitative estimate of drug-likeness (QED) is 0.680. The molecule has 1 aromatic heterocycles. The summed E-state index contributed by atoms with van der Waals surface area (Å²) in [5.41, 5.74) is 1.34. The predicted octanol–water partition coefficient (Wildman–Crippen LogP) is 3.60. The Kier molecular flexibility index (Phi) is 4.96. The summed E-state index contributed by atoms with van der Waals surface area (Å²) in [5, 5.41) is 6.85. The lowest BCUT2D eigenvalue weighted by molar-refractivity contribution is -0.116. The SMILES string of the molecule is O=C(CCCNc1ncnc2ccccc12)Nc1cccc(F)c1. The molecule has 0 bridgehead atoms. The van der Waals surface area contributed by atoms with Gasteiger partial charge in [0, 0.05) is 24.0 Å². The number of fused-ring (bicyclic) bond motifs is 1. The summed E-state index contributed by atoms with van der Waals surface area (Å²) in [5.74, 6) is 0.242. The van der Waals surface area contributed by atoms with Crippen LogP contribution in [0.5, 0.6) is 0 Å². The van der Waals surface area contributed by atoms with Crippen LogP contribution in [0.2, 0.25) is 0 Å². The van der Waals surface area contributed by atoms with Crippen molar-refractivity contribution in [2.75, 3.05) is 17.2 Å². The van der Waals surface area contributed by atoms with Crippen LogP contribution in [0.25, 0.3) is 10.9 Å². The van der Waals surface area contributed by atoms with Crippen molar-refractivity contribution in [3.63, 3.8) is 0 Å². The third-order valence-electron chi connectivity index (χ3n) is 3.52. The van der Waals surface area contributed by atoms with Crippen LogP contribution in [0.4, 0.5) is 15.9 Å². The zero-order valence-corrected chi connectivity index (χ0v) is 13.0. The molecule has 2 aromatic carbocycles. The number of anilines is 2. The Morgan fingerprint density at radius 2 is 1.96 bits per heavy atom. The Bertz CT molecular complexity index is 848. The van der Waals surface area contributed by atoms with Gasteiger partial charge in [-0.2, -0.15) is 0 Å². The molecule has 0 atom stereocenters. The highest BCUT2D eigenvalue weighted by atomic mass is 19.1. The number of hydrogen-bond acceptors (Lipinski definition) is 4. The number of carbonyl (C=O) groups is 1. The largest absolute Gasteiger partial charge is 0.369 e. The minimum atomic E-state index is -0.370. The topological polar surface area (TPSA) is 66.9 Å². The van der Waals surface area contributed by atoms with E-state index >= 15 is 0 Å². The second-order valence-electron chi connectivity index (χ2n) is 5.33. The second kappa shape index (κ2) is 7.50. The van der Waals surface area contributed by atoms with Gasteiger partial charge in [0.1, 0.15) is 18.0 Å². The van der Waals surface area contributed by atoms with E-state index in [0.717, 1.165) is 16.7 Å². The molecule has 6 heteroatoms. The zero-order valence-electron chi connectivity index (χ0n) is 13.0. The molecule has 0 saturated carbocycles. The maximum absolute atomic E-state index is 13.1. The first-order valence-electron chi connectivity index (χ1n) is 7.71. The molecular formula is C18H17FN4O. The van der Waals surface area contributed by atoms with Crippen molar-refractivity contribution in [1.82, 2.24) is 9.97 Å². The van der Waals surface area contributed by atoms with Crippen LogP contribution < -0.4 is 10.6 Å². The van der Waals surface area contributed by atoms with Crippen LogP contribution in [0.15, 0.2) is 54.9 Å². The van der Waals surface area contributed by atoms with Crippen LogP contribution in [0.3, 0.4) is 0 Å². The van der Waals surface area contributed by atoms with E-state index in [1.807, 2.05) is 24.3 Å². The number of nitrogens with one attached hydrogen (secondary N) is 2. The molecule has 0 saturated heterocycles. The van der Waals surface area contributed by atoms with Crippen molar-refractivity contribution in [1.29, 1.82) is 0 Å². The molecule has 1 heterocycles. The monoisotopic (exact) mass is 324 g/mol. The number of halogens is 1. The highest BCUT2D eigenvalue weighted by Gasteiger charge is 2.05. The van der Waals surface area contributed by atoms with Gasteiger partial charge in [-0.05, 0) is 36.8 Å². The molecule has 1 amide bonds. The van der Waals surface area contributed by atoms with E-state index in [4.69, 9.17) is 0 Å². The predicted molar refractivity (Wildman–Crippen MR) is 92.3 cm³/mol. The number of carbonyl (C=O) groups excluding carboxylic acids is 1. The van der Waals surface area contributed by atoms with Gasteiger partial charge in [-0.15, -0.1) is 0 Å². The van der Waals surface area contributed by atoms with Crippen LogP contribution in [-0.2, 0) is 4.79 Å². The Morgan fingerprint density at radius 3 is 2.83 bits per heavy atom. The van der Waals surface area contributed by atoms with E-state index in [0.29, 0.717) is 25.1 Å². The standard InChI is InChI=1S/C18H17FN4O/c19-13-5-3-6-14(11-13)23-17(24)9-4-10-20-18-15-7-1-2-8-16(15)21-12-22-18/h1-3,5-8,11-12H,4,9-10H2,(H,23,24)(H,20,21,22). The average Bonchev–Trinajstić information content (AvgIpc) is 2.59. The highest BCUT2D eigenvalue weighted by molar-refractivity contribution is 5.91. The van der Waals surface area contributed by atoms with Gasteiger partial charge in [-0.3, -0.25) is 4.79 Å². The van der Waals surface area contributed by atoms with E-state index in [1.54, 1.807) is 12.1 Å². The van der Waals surface area contributed by atoms with Crippen LogP contribution in [0.1, 0.15) is 12.8 Å². The third kappa shape index (κ3) is 4.04. The molecule has 5 nitrogen and oxygen atoms in total. The zero-order chi connectivity index (χ0) is 16.8. The van der Waals surface area contributed by atoms with Crippen LogP contribution in [-0.4, -0.2) is 22.4 Å². The Balaban J connectivity index is 1.49. The van der Waals surface area contributed by atoms with Gasteiger partial charge in [0.05, 0.1) is 5.52 Å². The first kappa shape index (κ1) is 15.9. The molecule has 3 aromatic rings. The van der Waals surface area contributed by atoms with Crippen molar-refractivity contribution in [2.45, 2.75) is 12.8 Å². The van der Waals surface area contributed by atoms with Gasteiger partial charge in [0.2, 0.25) is 5.91 Å². The fourth-order valence-corrected chi connectivity index (χ4v) is 2.39. The number of hydrogen-bond donors (Lipinski definition) is 2. The minimum Gasteiger partial charge on any atom is -0.369 e. The Hall–Kier alpha value is -3.02. The molecule has 0 aliphatic rings. The highest BCUT2D eigenvalue weighted by Crippen LogP contribution is 2.18. The van der Waals surface area contributed by atoms with Crippen molar-refractivity contribution in [2.24, 2.45) is 0 Å². The Labute approximate surface area is 138 Å².